The number of hydrogen-bond acceptors (Lipinski definition) is 4. The van der Waals surface area contributed by atoms with Gasteiger partial charge in [-0.05, 0) is 24.6 Å². The van der Waals surface area contributed by atoms with E-state index in [9.17, 15) is 0 Å². The molecule has 4 nitrogen and oxygen atoms in total. The Morgan fingerprint density at radius 3 is 2.81 bits per heavy atom. The lowest BCUT2D eigenvalue weighted by Gasteiger charge is -2.07. The Labute approximate surface area is 135 Å². The van der Waals surface area contributed by atoms with E-state index in [0.717, 1.165) is 26.6 Å². The van der Waals surface area contributed by atoms with E-state index in [1.807, 2.05) is 36.5 Å². The number of halogens is 1. The minimum atomic E-state index is 0.251. The van der Waals surface area contributed by atoms with Gasteiger partial charge in [0.15, 0.2) is 5.82 Å². The van der Waals surface area contributed by atoms with E-state index in [1.54, 1.807) is 18.0 Å². The number of aromatic amines is 1. The number of H-pyrrole nitrogens is 1. The molecule has 3 rings (SSSR count). The van der Waals surface area contributed by atoms with Gasteiger partial charge in [0.1, 0.15) is 0 Å². The fourth-order valence-electron chi connectivity index (χ4n) is 1.92. The standard InChI is InChI=1S/C15H13BrN4S/c1-10(11-5-4-8-17-9-11)21-15-18-14(19-20-15)12-6-2-3-7-13(12)16/h2-10H,1H3,(H,18,19,20)/t10-/m0/s1. The zero-order chi connectivity index (χ0) is 14.7. The van der Waals surface area contributed by atoms with E-state index in [0.29, 0.717) is 0 Å². The molecule has 0 aliphatic heterocycles. The van der Waals surface area contributed by atoms with Gasteiger partial charge in [0.2, 0.25) is 5.16 Å². The van der Waals surface area contributed by atoms with Crippen LogP contribution >= 0.6 is 27.7 Å². The molecule has 0 fully saturated rings. The number of pyridine rings is 1. The molecule has 2 heterocycles. The monoisotopic (exact) mass is 360 g/mol. The number of nitrogens with one attached hydrogen (secondary N) is 1. The summed E-state index contributed by atoms with van der Waals surface area (Å²) >= 11 is 5.14. The van der Waals surface area contributed by atoms with Crippen LogP contribution in [-0.4, -0.2) is 20.2 Å². The van der Waals surface area contributed by atoms with Gasteiger partial charge in [0.05, 0.1) is 0 Å². The minimum absolute atomic E-state index is 0.251. The molecule has 0 spiro atoms. The Hall–Kier alpha value is -1.66. The third kappa shape index (κ3) is 3.33. The summed E-state index contributed by atoms with van der Waals surface area (Å²) in [6.45, 7) is 2.12. The van der Waals surface area contributed by atoms with Crippen LogP contribution in [0.25, 0.3) is 11.4 Å². The molecule has 1 atom stereocenters. The third-order valence-electron chi connectivity index (χ3n) is 3.03. The molecule has 1 aromatic carbocycles. The van der Waals surface area contributed by atoms with Gasteiger partial charge in [0.25, 0.3) is 0 Å². The van der Waals surface area contributed by atoms with Crippen molar-refractivity contribution in [3.05, 3.63) is 58.8 Å². The van der Waals surface area contributed by atoms with E-state index in [4.69, 9.17) is 0 Å². The SMILES string of the molecule is C[C@H](Sc1n[nH]c(-c2ccccc2Br)n1)c1cccnc1. The summed E-state index contributed by atoms with van der Waals surface area (Å²) in [6.07, 6.45) is 3.65. The van der Waals surface area contributed by atoms with E-state index in [2.05, 4.69) is 49.1 Å². The Kier molecular flexibility index (Phi) is 4.36. The summed E-state index contributed by atoms with van der Waals surface area (Å²) in [5.74, 6) is 0.767. The number of thioether (sulfide) groups is 1. The van der Waals surface area contributed by atoms with E-state index in [1.165, 1.54) is 0 Å². The molecule has 0 aliphatic carbocycles. The maximum atomic E-state index is 4.55. The summed E-state index contributed by atoms with van der Waals surface area (Å²) in [4.78, 5) is 8.70. The summed E-state index contributed by atoms with van der Waals surface area (Å²) < 4.78 is 0.998. The lowest BCUT2D eigenvalue weighted by molar-refractivity contribution is 0.958. The van der Waals surface area contributed by atoms with Crippen LogP contribution in [0.1, 0.15) is 17.7 Å². The van der Waals surface area contributed by atoms with Crippen LogP contribution in [0.4, 0.5) is 0 Å². The van der Waals surface area contributed by atoms with Crippen molar-refractivity contribution in [3.8, 4) is 11.4 Å². The van der Waals surface area contributed by atoms with E-state index < -0.39 is 0 Å². The first-order chi connectivity index (χ1) is 10.2. The van der Waals surface area contributed by atoms with Crippen molar-refractivity contribution in [2.45, 2.75) is 17.3 Å². The molecule has 3 aromatic rings. The topological polar surface area (TPSA) is 54.5 Å². The predicted molar refractivity (Wildman–Crippen MR) is 88.0 cm³/mol. The molecule has 1 N–H and O–H groups in total. The zero-order valence-electron chi connectivity index (χ0n) is 11.3. The van der Waals surface area contributed by atoms with Crippen LogP contribution in [0.15, 0.2) is 58.4 Å². The Balaban J connectivity index is 1.78. The van der Waals surface area contributed by atoms with Gasteiger partial charge in [-0.15, -0.1) is 5.10 Å². The van der Waals surface area contributed by atoms with Crippen LogP contribution in [-0.2, 0) is 0 Å². The highest BCUT2D eigenvalue weighted by atomic mass is 79.9. The number of hydrogen-bond donors (Lipinski definition) is 1. The highest BCUT2D eigenvalue weighted by molar-refractivity contribution is 9.10. The van der Waals surface area contributed by atoms with Crippen LogP contribution < -0.4 is 0 Å². The fraction of sp³-hybridized carbons (Fsp3) is 0.133. The van der Waals surface area contributed by atoms with Gasteiger partial charge in [-0.1, -0.05) is 52.0 Å². The first kappa shape index (κ1) is 14.3. The number of aromatic nitrogens is 4. The molecule has 6 heteroatoms. The lowest BCUT2D eigenvalue weighted by Crippen LogP contribution is -1.90. The van der Waals surface area contributed by atoms with Gasteiger partial charge in [-0.25, -0.2) is 4.98 Å². The van der Waals surface area contributed by atoms with Gasteiger partial charge in [-0.2, -0.15) is 0 Å². The maximum Gasteiger partial charge on any atom is 0.209 e. The average Bonchev–Trinajstić information content (AvgIpc) is 2.97. The highest BCUT2D eigenvalue weighted by Crippen LogP contribution is 2.33. The molecule has 0 radical (unpaired) electrons. The maximum absolute atomic E-state index is 4.55. The largest absolute Gasteiger partial charge is 0.264 e. The van der Waals surface area contributed by atoms with Crippen molar-refractivity contribution in [3.63, 3.8) is 0 Å². The van der Waals surface area contributed by atoms with Crippen LogP contribution in [0.5, 0.6) is 0 Å². The zero-order valence-corrected chi connectivity index (χ0v) is 13.7. The average molecular weight is 361 g/mol. The molecule has 21 heavy (non-hydrogen) atoms. The Morgan fingerprint density at radius 1 is 1.19 bits per heavy atom. The van der Waals surface area contributed by atoms with Gasteiger partial charge in [-0.3, -0.25) is 10.1 Å². The van der Waals surface area contributed by atoms with Crippen molar-refractivity contribution in [1.82, 2.24) is 20.2 Å². The summed E-state index contributed by atoms with van der Waals surface area (Å²) in [7, 11) is 0. The van der Waals surface area contributed by atoms with Gasteiger partial charge >= 0.3 is 0 Å². The second-order valence-corrected chi connectivity index (χ2v) is 6.66. The molecular weight excluding hydrogens is 348 g/mol. The number of benzene rings is 1. The third-order valence-corrected chi connectivity index (χ3v) is 4.74. The summed E-state index contributed by atoms with van der Waals surface area (Å²) in [5, 5.41) is 8.26. The fourth-order valence-corrected chi connectivity index (χ4v) is 3.22. The molecule has 2 aromatic heterocycles. The number of nitrogens with zero attached hydrogens (tertiary/aromatic N) is 3. The molecular formula is C15H13BrN4S. The second-order valence-electron chi connectivity index (χ2n) is 4.49. The molecule has 0 amide bonds. The summed E-state index contributed by atoms with van der Waals surface area (Å²) in [6, 6.07) is 12.0. The first-order valence-electron chi connectivity index (χ1n) is 6.48. The molecule has 0 bridgehead atoms. The minimum Gasteiger partial charge on any atom is -0.264 e. The normalized spacial score (nSPS) is 12.3. The summed E-state index contributed by atoms with van der Waals surface area (Å²) in [5.41, 5.74) is 2.17. The molecule has 0 saturated heterocycles. The molecule has 0 aliphatic rings. The van der Waals surface area contributed by atoms with Crippen molar-refractivity contribution in [1.29, 1.82) is 0 Å². The first-order valence-corrected chi connectivity index (χ1v) is 8.15. The molecule has 0 unspecified atom stereocenters. The quantitative estimate of drug-likeness (QED) is 0.696. The Morgan fingerprint density at radius 2 is 2.05 bits per heavy atom. The van der Waals surface area contributed by atoms with Crippen molar-refractivity contribution in [2.24, 2.45) is 0 Å². The second kappa shape index (κ2) is 6.41. The van der Waals surface area contributed by atoms with E-state index >= 15 is 0 Å². The van der Waals surface area contributed by atoms with Crippen LogP contribution in [0.3, 0.4) is 0 Å². The van der Waals surface area contributed by atoms with Gasteiger partial charge < -0.3 is 0 Å². The van der Waals surface area contributed by atoms with Crippen molar-refractivity contribution < 1.29 is 0 Å². The molecule has 0 saturated carbocycles. The van der Waals surface area contributed by atoms with Gasteiger partial charge in [0, 0.05) is 27.7 Å². The number of rotatable bonds is 4. The highest BCUT2D eigenvalue weighted by Gasteiger charge is 2.13. The molecule has 106 valence electrons. The Bertz CT molecular complexity index is 729. The van der Waals surface area contributed by atoms with Crippen molar-refractivity contribution >= 4 is 27.7 Å². The van der Waals surface area contributed by atoms with E-state index in [-0.39, 0.29) is 5.25 Å². The van der Waals surface area contributed by atoms with Crippen LogP contribution in [0, 0.1) is 0 Å². The lowest BCUT2D eigenvalue weighted by atomic mass is 10.2. The predicted octanol–water partition coefficient (Wildman–Crippen LogP) is 4.48. The van der Waals surface area contributed by atoms with Crippen molar-refractivity contribution in [2.75, 3.05) is 0 Å². The van der Waals surface area contributed by atoms with Crippen LogP contribution in [0.2, 0.25) is 0 Å². The smallest absolute Gasteiger partial charge is 0.209 e.